The Kier molecular flexibility index (Phi) is 6.24. The molecule has 1 aromatic carbocycles. The number of benzene rings is 1. The highest BCUT2D eigenvalue weighted by Crippen LogP contribution is 2.29. The summed E-state index contributed by atoms with van der Waals surface area (Å²) in [6.45, 7) is 1.54. The van der Waals surface area contributed by atoms with Crippen molar-refractivity contribution in [2.24, 2.45) is 4.99 Å². The third-order valence-corrected chi connectivity index (χ3v) is 5.99. The van der Waals surface area contributed by atoms with Crippen molar-refractivity contribution in [3.8, 4) is 5.75 Å². The van der Waals surface area contributed by atoms with E-state index in [-0.39, 0.29) is 5.91 Å². The van der Waals surface area contributed by atoms with Gasteiger partial charge in [0.1, 0.15) is 12.4 Å². The number of nitrogens with zero attached hydrogens (tertiary/aromatic N) is 2. The van der Waals surface area contributed by atoms with Crippen molar-refractivity contribution < 1.29 is 14.3 Å². The van der Waals surface area contributed by atoms with E-state index in [4.69, 9.17) is 9.47 Å². The van der Waals surface area contributed by atoms with Crippen LogP contribution < -0.4 is 10.1 Å². The summed E-state index contributed by atoms with van der Waals surface area (Å²) in [5.41, 5.74) is 1.74. The maximum atomic E-state index is 12.3. The van der Waals surface area contributed by atoms with Crippen LogP contribution in [0.2, 0.25) is 0 Å². The summed E-state index contributed by atoms with van der Waals surface area (Å²) in [5.74, 6) is 0.608. The fraction of sp³-hybridized carbons (Fsp3) is 0.190. The number of amides is 1. The second-order valence-electron chi connectivity index (χ2n) is 6.19. The molecule has 1 fully saturated rings. The maximum absolute atomic E-state index is 12.3. The zero-order valence-electron chi connectivity index (χ0n) is 15.8. The van der Waals surface area contributed by atoms with Crippen LogP contribution in [0.5, 0.6) is 5.75 Å². The Morgan fingerprint density at radius 1 is 1.24 bits per heavy atom. The summed E-state index contributed by atoms with van der Waals surface area (Å²) in [6, 6.07) is 11.7. The summed E-state index contributed by atoms with van der Waals surface area (Å²) in [6.07, 6.45) is 3.58. The van der Waals surface area contributed by atoms with E-state index in [2.05, 4.69) is 15.3 Å². The minimum Gasteiger partial charge on any atom is -0.490 e. The van der Waals surface area contributed by atoms with Crippen molar-refractivity contribution in [1.29, 1.82) is 0 Å². The molecule has 3 aromatic rings. The number of pyridine rings is 1. The number of rotatable bonds is 7. The molecule has 0 atom stereocenters. The molecule has 6 nitrogen and oxygen atoms in total. The number of fused-ring (bicyclic) bond motifs is 1. The van der Waals surface area contributed by atoms with Gasteiger partial charge in [0.15, 0.2) is 5.17 Å². The number of carbonyl (C=O) groups excluding carboxylic acids is 1. The Labute approximate surface area is 176 Å². The standard InChI is InChI=1S/C21H19N3O3S2/c1-26-8-9-27-18-6-7-22-17-5-4-14(11-16(17)18)12-19-20(25)24-21(29-19)23-13-15-3-2-10-28-15/h2-7,10-12H,8-9,13H2,1H3,(H,23,24,25). The Morgan fingerprint density at radius 2 is 2.17 bits per heavy atom. The van der Waals surface area contributed by atoms with Crippen LogP contribution in [0.25, 0.3) is 17.0 Å². The number of aliphatic imine (C=N–C) groups is 1. The highest BCUT2D eigenvalue weighted by atomic mass is 32.2. The molecule has 0 saturated carbocycles. The van der Waals surface area contributed by atoms with E-state index in [1.54, 1.807) is 24.6 Å². The number of hydrogen-bond donors (Lipinski definition) is 1. The van der Waals surface area contributed by atoms with Gasteiger partial charge in [0.05, 0.1) is 23.6 Å². The molecule has 0 radical (unpaired) electrons. The van der Waals surface area contributed by atoms with Crippen LogP contribution in [0.3, 0.4) is 0 Å². The lowest BCUT2D eigenvalue weighted by Crippen LogP contribution is -2.19. The fourth-order valence-corrected chi connectivity index (χ4v) is 4.24. The molecular weight excluding hydrogens is 406 g/mol. The lowest BCUT2D eigenvalue weighted by atomic mass is 10.1. The third-order valence-electron chi connectivity index (χ3n) is 4.18. The molecule has 148 valence electrons. The van der Waals surface area contributed by atoms with Gasteiger partial charge in [-0.25, -0.2) is 0 Å². The molecule has 1 aliphatic rings. The summed E-state index contributed by atoms with van der Waals surface area (Å²) < 4.78 is 10.8. The SMILES string of the molecule is COCCOc1ccnc2ccc(C=C3SC(=NCc4cccs4)NC3=O)cc12. The summed E-state index contributed by atoms with van der Waals surface area (Å²) in [5, 5.41) is 6.37. The van der Waals surface area contributed by atoms with Crippen molar-refractivity contribution in [2.75, 3.05) is 20.3 Å². The van der Waals surface area contributed by atoms with Gasteiger partial charge in [0, 0.05) is 23.6 Å². The van der Waals surface area contributed by atoms with Crippen molar-refractivity contribution in [2.45, 2.75) is 6.54 Å². The lowest BCUT2D eigenvalue weighted by molar-refractivity contribution is -0.115. The fourth-order valence-electron chi connectivity index (χ4n) is 2.79. The van der Waals surface area contributed by atoms with Gasteiger partial charge in [-0.3, -0.25) is 14.8 Å². The molecule has 8 heteroatoms. The molecule has 0 aliphatic carbocycles. The zero-order valence-corrected chi connectivity index (χ0v) is 17.4. The average molecular weight is 426 g/mol. The number of hydrogen-bond acceptors (Lipinski definition) is 7. The van der Waals surface area contributed by atoms with E-state index < -0.39 is 0 Å². The quantitative estimate of drug-likeness (QED) is 0.456. The molecule has 1 amide bonds. The van der Waals surface area contributed by atoms with Crippen molar-refractivity contribution in [3.05, 3.63) is 63.3 Å². The Bertz CT molecular complexity index is 1080. The number of methoxy groups -OCH3 is 1. The first-order valence-corrected chi connectivity index (χ1v) is 10.7. The highest BCUT2D eigenvalue weighted by Gasteiger charge is 2.23. The smallest absolute Gasteiger partial charge is 0.264 e. The van der Waals surface area contributed by atoms with E-state index in [0.717, 1.165) is 27.1 Å². The number of thioether (sulfide) groups is 1. The van der Waals surface area contributed by atoms with Crippen LogP contribution in [-0.2, 0) is 16.1 Å². The van der Waals surface area contributed by atoms with E-state index in [9.17, 15) is 4.79 Å². The number of thiophene rings is 1. The molecular formula is C21H19N3O3S2. The Hall–Kier alpha value is -2.68. The predicted molar refractivity (Wildman–Crippen MR) is 118 cm³/mol. The topological polar surface area (TPSA) is 72.8 Å². The van der Waals surface area contributed by atoms with Crippen LogP contribution in [0, 0.1) is 0 Å². The zero-order chi connectivity index (χ0) is 20.1. The van der Waals surface area contributed by atoms with Gasteiger partial charge in [0.2, 0.25) is 0 Å². The first kappa shape index (κ1) is 19.6. The summed E-state index contributed by atoms with van der Waals surface area (Å²) in [4.78, 5) is 23.0. The molecule has 1 N–H and O–H groups in total. The molecule has 0 bridgehead atoms. The van der Waals surface area contributed by atoms with Crippen LogP contribution in [0.4, 0.5) is 0 Å². The largest absolute Gasteiger partial charge is 0.490 e. The van der Waals surface area contributed by atoms with Gasteiger partial charge in [-0.2, -0.15) is 0 Å². The van der Waals surface area contributed by atoms with E-state index in [1.165, 1.54) is 11.8 Å². The van der Waals surface area contributed by atoms with Crippen molar-refractivity contribution in [3.63, 3.8) is 0 Å². The summed E-state index contributed by atoms with van der Waals surface area (Å²) >= 11 is 3.00. The normalized spacial score (nSPS) is 16.7. The van der Waals surface area contributed by atoms with Gasteiger partial charge in [0.25, 0.3) is 5.91 Å². The molecule has 4 rings (SSSR count). The number of amidine groups is 1. The Balaban J connectivity index is 1.54. The minimum absolute atomic E-state index is 0.136. The van der Waals surface area contributed by atoms with Gasteiger partial charge in [-0.05, 0) is 53.0 Å². The number of carbonyl (C=O) groups is 1. The van der Waals surface area contributed by atoms with Crippen LogP contribution >= 0.6 is 23.1 Å². The minimum atomic E-state index is -0.136. The van der Waals surface area contributed by atoms with Gasteiger partial charge in [-0.15, -0.1) is 11.3 Å². The highest BCUT2D eigenvalue weighted by molar-refractivity contribution is 8.18. The molecule has 2 aromatic heterocycles. The van der Waals surface area contributed by atoms with Crippen LogP contribution in [0.15, 0.2) is 57.9 Å². The van der Waals surface area contributed by atoms with Gasteiger partial charge < -0.3 is 14.8 Å². The summed E-state index contributed by atoms with van der Waals surface area (Å²) in [7, 11) is 1.64. The Morgan fingerprint density at radius 3 is 3.00 bits per heavy atom. The number of nitrogens with one attached hydrogen (secondary N) is 1. The van der Waals surface area contributed by atoms with Gasteiger partial charge in [-0.1, -0.05) is 12.1 Å². The lowest BCUT2D eigenvalue weighted by Gasteiger charge is -2.09. The van der Waals surface area contributed by atoms with E-state index in [0.29, 0.717) is 29.8 Å². The van der Waals surface area contributed by atoms with Crippen LogP contribution in [-0.4, -0.2) is 36.4 Å². The molecule has 0 spiro atoms. The molecule has 0 unspecified atom stereocenters. The molecule has 1 aliphatic heterocycles. The second kappa shape index (κ2) is 9.21. The first-order valence-electron chi connectivity index (χ1n) is 9.01. The molecule has 3 heterocycles. The van der Waals surface area contributed by atoms with Crippen molar-refractivity contribution >= 4 is 51.2 Å². The molecule has 1 saturated heterocycles. The van der Waals surface area contributed by atoms with E-state index >= 15 is 0 Å². The van der Waals surface area contributed by atoms with Gasteiger partial charge >= 0.3 is 0 Å². The first-order chi connectivity index (χ1) is 14.2. The number of aromatic nitrogens is 1. The predicted octanol–water partition coefficient (Wildman–Crippen LogP) is 4.08. The third kappa shape index (κ3) is 4.84. The average Bonchev–Trinajstić information content (AvgIpc) is 3.37. The van der Waals surface area contributed by atoms with Crippen molar-refractivity contribution in [1.82, 2.24) is 10.3 Å². The number of ether oxygens (including phenoxy) is 2. The maximum Gasteiger partial charge on any atom is 0.264 e. The van der Waals surface area contributed by atoms with E-state index in [1.807, 2.05) is 47.9 Å². The van der Waals surface area contributed by atoms with Crippen LogP contribution in [0.1, 0.15) is 10.4 Å². The second-order valence-corrected chi connectivity index (χ2v) is 8.26. The monoisotopic (exact) mass is 425 g/mol. The molecule has 29 heavy (non-hydrogen) atoms.